The molecule has 818 valence electrons. The number of hydrogen-bond acceptors (Lipinski definition) is 14. The van der Waals surface area contributed by atoms with Crippen LogP contribution in [0.15, 0.2) is 84.9 Å². The Morgan fingerprint density at radius 3 is 0.932 bits per heavy atom. The normalized spacial score (nSPS) is 19.0. The molecule has 8 fully saturated rings. The number of piperazine rings is 4. The molecular formula is C102H130F30N14. The predicted molar refractivity (Wildman–Crippen MR) is 510 cm³/mol. The first kappa shape index (κ1) is 120. The van der Waals surface area contributed by atoms with Crippen LogP contribution in [-0.4, -0.2) is 263 Å². The molecule has 1 saturated carbocycles. The quantitative estimate of drug-likeness (QED) is 0.0935. The molecule has 7 aromatic rings. The highest BCUT2D eigenvalue weighted by Gasteiger charge is 2.45. The van der Waals surface area contributed by atoms with Gasteiger partial charge in [0.15, 0.2) is 40.7 Å². The summed E-state index contributed by atoms with van der Waals surface area (Å²) in [6, 6.07) is 18.0. The van der Waals surface area contributed by atoms with Gasteiger partial charge >= 0.3 is 43.2 Å². The van der Waals surface area contributed by atoms with Gasteiger partial charge in [-0.1, -0.05) is 6.92 Å². The largest absolute Gasteiger partial charge is 0.419 e. The van der Waals surface area contributed by atoms with Crippen LogP contribution in [0.1, 0.15) is 151 Å². The molecule has 0 radical (unpaired) electrons. The summed E-state index contributed by atoms with van der Waals surface area (Å²) in [5, 5.41) is 2.92. The second-order valence-electron chi connectivity index (χ2n) is 39.3. The van der Waals surface area contributed by atoms with Gasteiger partial charge in [-0.05, 0) is 286 Å². The van der Waals surface area contributed by atoms with E-state index in [0.717, 1.165) is 140 Å². The number of likely N-dealkylation sites (tertiary alicyclic amines) is 2. The number of alkyl halides is 23. The number of benzene rings is 7. The van der Waals surface area contributed by atoms with Crippen molar-refractivity contribution in [2.75, 3.05) is 220 Å². The Hall–Kier alpha value is -9.24. The number of hydrogen-bond donors (Lipinski definition) is 1. The highest BCUT2D eigenvalue weighted by atomic mass is 19.4. The van der Waals surface area contributed by atoms with Crippen molar-refractivity contribution < 1.29 is 132 Å². The summed E-state index contributed by atoms with van der Waals surface area (Å²) >= 11 is 0. The maximum Gasteiger partial charge on any atom is 0.419 e. The second-order valence-corrected chi connectivity index (χ2v) is 39.3. The lowest BCUT2D eigenvalue weighted by atomic mass is 10.0. The minimum Gasteiger partial charge on any atom is -0.380 e. The van der Waals surface area contributed by atoms with Gasteiger partial charge in [0.2, 0.25) is 0 Å². The van der Waals surface area contributed by atoms with Crippen LogP contribution in [0.5, 0.6) is 0 Å². The molecule has 8 aliphatic rings. The topological polar surface area (TPSA) is 54.2 Å². The van der Waals surface area contributed by atoms with E-state index in [2.05, 4.69) is 57.5 Å². The molecule has 15 rings (SSSR count). The zero-order valence-corrected chi connectivity index (χ0v) is 84.5. The minimum atomic E-state index is -4.76. The summed E-state index contributed by atoms with van der Waals surface area (Å²) in [5.74, 6) is -8.32. The van der Waals surface area contributed by atoms with E-state index in [9.17, 15) is 132 Å². The molecule has 7 aliphatic heterocycles. The highest BCUT2D eigenvalue weighted by Crippen LogP contribution is 2.46. The fraction of sp³-hybridized carbons (Fsp3) is 0.588. The zero-order valence-electron chi connectivity index (χ0n) is 84.5. The number of nitrogens with one attached hydrogen (secondary N) is 1. The van der Waals surface area contributed by atoms with Gasteiger partial charge in [-0.15, -0.1) is 0 Å². The molecule has 0 aromatic heterocycles. The van der Waals surface area contributed by atoms with Crippen molar-refractivity contribution in [2.45, 2.75) is 207 Å². The van der Waals surface area contributed by atoms with Crippen molar-refractivity contribution in [3.05, 3.63) is 204 Å². The lowest BCUT2D eigenvalue weighted by Gasteiger charge is -2.39. The zero-order chi connectivity index (χ0) is 109. The third-order valence-electron chi connectivity index (χ3n) is 27.2. The summed E-state index contributed by atoms with van der Waals surface area (Å²) in [5.41, 5.74) is -5.45. The summed E-state index contributed by atoms with van der Waals surface area (Å²) < 4.78 is 394. The molecule has 0 spiro atoms. The van der Waals surface area contributed by atoms with Gasteiger partial charge in [-0.3, -0.25) is 19.6 Å². The van der Waals surface area contributed by atoms with Crippen LogP contribution in [0.2, 0.25) is 0 Å². The van der Waals surface area contributed by atoms with E-state index < -0.39 is 129 Å². The monoisotopic (exact) mass is 2120 g/mol. The van der Waals surface area contributed by atoms with Gasteiger partial charge in [0.05, 0.1) is 85.3 Å². The molecule has 1 N–H and O–H groups in total. The van der Waals surface area contributed by atoms with Gasteiger partial charge < -0.3 is 49.4 Å². The van der Waals surface area contributed by atoms with Crippen LogP contribution in [0.4, 0.5) is 172 Å². The number of anilines is 7. The molecule has 44 heteroatoms. The van der Waals surface area contributed by atoms with E-state index >= 15 is 0 Å². The Balaban J connectivity index is 0.000000190. The number of aryl methyl sites for hydroxylation is 7. The Morgan fingerprint density at radius 1 is 0.322 bits per heavy atom. The SMILES string of the molecule is CCC(C)N1CCN(c2cc(C)cc(C(F)(F)F)c2F)CC1.Cc1cc(N(C)C2CCN(C)C2)c(F)c(C(F)(F)F)c1.Cc1cc(N2CCC(N(C)C)C2)c(F)c(C(F)(F)F)c1.Cc1cc(N2CCN(C(C)C)CC2)c(F)c(C(F)(F)F)c1.Cc1cc(N2CCN(C3CC3)CC2)c(F)c(C(F)(F)F)c1.Cc1cc(N2CCN(CC(F)F)CC2)c(F)c(C(F)(F)F)c1.Cc1cc(NC2CCN(C)CC2)c(F)c(C(F)(F)F)c1. The van der Waals surface area contributed by atoms with E-state index in [4.69, 9.17) is 0 Å². The summed E-state index contributed by atoms with van der Waals surface area (Å²) in [4.78, 5) is 24.6. The molecule has 14 nitrogen and oxygen atoms in total. The van der Waals surface area contributed by atoms with Crippen LogP contribution in [0, 0.1) is 89.2 Å². The lowest BCUT2D eigenvalue weighted by Crippen LogP contribution is -2.49. The van der Waals surface area contributed by atoms with Crippen LogP contribution >= 0.6 is 0 Å². The molecule has 0 bridgehead atoms. The summed E-state index contributed by atoms with van der Waals surface area (Å²) in [7, 11) is 9.43. The third-order valence-corrected chi connectivity index (χ3v) is 27.2. The second kappa shape index (κ2) is 50.1. The van der Waals surface area contributed by atoms with Gasteiger partial charge in [0.1, 0.15) is 0 Å². The molecule has 146 heavy (non-hydrogen) atoms. The maximum atomic E-state index is 14.3. The molecule has 0 amide bonds. The smallest absolute Gasteiger partial charge is 0.380 e. The summed E-state index contributed by atoms with van der Waals surface area (Å²) in [6.07, 6.45) is -28.5. The van der Waals surface area contributed by atoms with Gasteiger partial charge in [-0.2, -0.15) is 92.2 Å². The van der Waals surface area contributed by atoms with Gasteiger partial charge in [0, 0.05) is 168 Å². The van der Waals surface area contributed by atoms with Crippen LogP contribution in [-0.2, 0) is 43.2 Å². The number of halogens is 30. The van der Waals surface area contributed by atoms with Crippen molar-refractivity contribution >= 4 is 39.8 Å². The number of likely N-dealkylation sites (N-methyl/N-ethyl adjacent to an activating group) is 3. The van der Waals surface area contributed by atoms with Crippen LogP contribution in [0.25, 0.3) is 0 Å². The fourth-order valence-corrected chi connectivity index (χ4v) is 18.7. The van der Waals surface area contributed by atoms with Crippen molar-refractivity contribution in [1.29, 1.82) is 0 Å². The Bertz CT molecular complexity index is 5290. The van der Waals surface area contributed by atoms with E-state index in [1.165, 1.54) is 79.0 Å². The van der Waals surface area contributed by atoms with Gasteiger partial charge in [0.25, 0.3) is 6.43 Å². The first-order valence-corrected chi connectivity index (χ1v) is 48.3. The van der Waals surface area contributed by atoms with Crippen molar-refractivity contribution in [3.63, 3.8) is 0 Å². The average Bonchev–Trinajstić information content (AvgIpc) is 1.67. The lowest BCUT2D eigenvalue weighted by molar-refractivity contribution is -0.140. The third kappa shape index (κ3) is 33.1. The van der Waals surface area contributed by atoms with Crippen molar-refractivity contribution in [2.24, 2.45) is 0 Å². The number of piperidine rings is 1. The molecule has 3 unspecified atom stereocenters. The van der Waals surface area contributed by atoms with Crippen molar-refractivity contribution in [3.8, 4) is 0 Å². The van der Waals surface area contributed by atoms with E-state index in [1.54, 1.807) is 66.2 Å². The van der Waals surface area contributed by atoms with Crippen molar-refractivity contribution in [1.82, 2.24) is 34.3 Å². The predicted octanol–water partition coefficient (Wildman–Crippen LogP) is 25.0. The first-order valence-electron chi connectivity index (χ1n) is 48.3. The van der Waals surface area contributed by atoms with Crippen LogP contribution in [0.3, 0.4) is 0 Å². The maximum absolute atomic E-state index is 14.3. The molecule has 7 aromatic carbocycles. The first-order chi connectivity index (χ1) is 67.6. The Kier molecular flexibility index (Phi) is 41.3. The molecule has 7 heterocycles. The molecule has 7 saturated heterocycles. The molecule has 3 atom stereocenters. The molecule has 1 aliphatic carbocycles. The average molecular weight is 2120 g/mol. The Labute approximate surface area is 833 Å². The van der Waals surface area contributed by atoms with E-state index in [-0.39, 0.29) is 90.7 Å². The highest BCUT2D eigenvalue weighted by molar-refractivity contribution is 5.60. The summed E-state index contributed by atoms with van der Waals surface area (Å²) in [6.45, 7) is 32.0. The minimum absolute atomic E-state index is 0.0172. The van der Waals surface area contributed by atoms with Crippen LogP contribution < -0.4 is 34.7 Å². The molecular weight excluding hydrogens is 1990 g/mol. The standard InChI is InChI=1S/C16H22F4N2.C15H18F4N2.C15H20F4N2.C14H16F6N2.3C14H18F4N2/c1-4-12(3)21-5-7-22(8-6-21)14-10-11(2)9-13(15(14)17)16(18,19)20;1-10-8-12(15(17,18)19)14(16)13(9-10)21-6-4-20(5-7-21)11-2-3-11;1-10(2)20-4-6-21(7-5-20)13-9-11(3)8-12(14(13)16)15(17,18)19;1-9-6-10(14(18,19)20)13(17)11(7-9)22-4-2-21(3-5-22)8-12(15)16;1-9-6-11(14(16,17)18)13(15)12(7-9)20(3)10-4-5-19(2)8-10;1-9-6-11(14(16,17)18)13(15)12(7-9)20-5-4-10(8-20)19(2)3;1-9-7-11(14(16,17)18)13(15)12(8-9)19-10-3-5-20(2)6-4-10/h9-10,12H,4-8H2,1-3H3;8-9,11H,2-7H2,1H3;8-10H,4-7H2,1-3H3;6-7,12H,2-5,8H2,1H3;2*6-7,10H,4-5,8H2,1-3H3;7-8,10,19H,3-6H2,1-2H3. The van der Waals surface area contributed by atoms with Gasteiger partial charge in [-0.25, -0.2) is 39.5 Å². The van der Waals surface area contributed by atoms with E-state index in [1.807, 2.05) is 33.1 Å². The van der Waals surface area contributed by atoms with E-state index in [0.29, 0.717) is 109 Å². The Morgan fingerprint density at radius 2 is 0.623 bits per heavy atom. The number of nitrogens with zero attached hydrogens (tertiary/aromatic N) is 13. The number of rotatable bonds is 16. The fourth-order valence-electron chi connectivity index (χ4n) is 18.7.